The van der Waals surface area contributed by atoms with Crippen molar-refractivity contribution in [1.29, 1.82) is 0 Å². The second-order valence-electron chi connectivity index (χ2n) is 20.6. The van der Waals surface area contributed by atoms with Gasteiger partial charge in [-0.25, -0.2) is 0 Å². The predicted molar refractivity (Wildman–Crippen MR) is 330 cm³/mol. The van der Waals surface area contributed by atoms with Gasteiger partial charge in [-0.3, -0.25) is 14.4 Å². The number of carbonyl (C=O) groups is 3. The summed E-state index contributed by atoms with van der Waals surface area (Å²) in [6, 6.07) is 0. The Hall–Kier alpha value is -4.19. The highest BCUT2D eigenvalue weighted by Crippen LogP contribution is 2.16. The molecule has 0 aliphatic heterocycles. The van der Waals surface area contributed by atoms with E-state index in [2.05, 4.69) is 136 Å². The molecule has 76 heavy (non-hydrogen) atoms. The van der Waals surface area contributed by atoms with Crippen LogP contribution in [0.25, 0.3) is 0 Å². The summed E-state index contributed by atoms with van der Waals surface area (Å²) < 4.78 is 16.8. The third-order valence-corrected chi connectivity index (χ3v) is 13.2. The zero-order chi connectivity index (χ0) is 55.0. The summed E-state index contributed by atoms with van der Waals surface area (Å²) in [5.41, 5.74) is 0. The van der Waals surface area contributed by atoms with Crippen LogP contribution in [0.1, 0.15) is 284 Å². The van der Waals surface area contributed by atoms with E-state index in [0.29, 0.717) is 19.3 Å². The zero-order valence-electron chi connectivity index (χ0n) is 49.5. The average molecular weight is 1050 g/mol. The minimum atomic E-state index is -0.820. The molecular formula is C70H116O6. The fourth-order valence-electron chi connectivity index (χ4n) is 8.58. The molecule has 0 aliphatic carbocycles. The first-order chi connectivity index (χ1) is 37.5. The minimum Gasteiger partial charge on any atom is -0.462 e. The van der Waals surface area contributed by atoms with Gasteiger partial charge < -0.3 is 14.2 Å². The van der Waals surface area contributed by atoms with Crippen LogP contribution in [0.2, 0.25) is 0 Å². The Bertz CT molecular complexity index is 1590. The second-order valence-corrected chi connectivity index (χ2v) is 20.6. The fraction of sp³-hybridized carbons (Fsp3) is 0.671. The Labute approximate surface area is 469 Å². The summed E-state index contributed by atoms with van der Waals surface area (Å²) in [4.78, 5) is 38.2. The summed E-state index contributed by atoms with van der Waals surface area (Å²) in [7, 11) is 0. The second kappa shape index (κ2) is 63.3. The molecular weight excluding hydrogens is 937 g/mol. The minimum absolute atomic E-state index is 0.114. The molecule has 0 bridgehead atoms. The molecule has 0 aromatic carbocycles. The number of carbonyl (C=O) groups excluding carboxylic acids is 3. The molecule has 0 aromatic heterocycles. The van der Waals surface area contributed by atoms with Gasteiger partial charge in [-0.1, -0.05) is 290 Å². The Morgan fingerprint density at radius 2 is 0.539 bits per heavy atom. The Balaban J connectivity index is 4.43. The van der Waals surface area contributed by atoms with Crippen molar-refractivity contribution in [1.82, 2.24) is 0 Å². The maximum absolute atomic E-state index is 12.9. The van der Waals surface area contributed by atoms with Gasteiger partial charge in [-0.15, -0.1) is 0 Å². The van der Waals surface area contributed by atoms with E-state index in [-0.39, 0.29) is 37.5 Å². The van der Waals surface area contributed by atoms with E-state index in [1.165, 1.54) is 122 Å². The van der Waals surface area contributed by atoms with Crippen molar-refractivity contribution < 1.29 is 28.6 Å². The van der Waals surface area contributed by atoms with Crippen LogP contribution in [0.15, 0.2) is 122 Å². The van der Waals surface area contributed by atoms with Crippen LogP contribution >= 0.6 is 0 Å². The smallest absolute Gasteiger partial charge is 0.306 e. The quantitative estimate of drug-likeness (QED) is 0.0261. The van der Waals surface area contributed by atoms with Crippen LogP contribution in [0.5, 0.6) is 0 Å². The SMILES string of the molecule is CC/C=C\C/C=C\C/C=C\C/C=C\C/C=C\C/C=C\CCCCCCC(=O)OCC(COC(=O)CC/C=C\C/C=C\C/C=C\C/C=C\CC)OC(=O)CCCCCCCCCCCCCCCCCCCCCCCC. The van der Waals surface area contributed by atoms with Crippen molar-refractivity contribution in [2.24, 2.45) is 0 Å². The molecule has 0 heterocycles. The van der Waals surface area contributed by atoms with Crippen molar-refractivity contribution in [3.05, 3.63) is 122 Å². The third-order valence-electron chi connectivity index (χ3n) is 13.2. The molecule has 0 aliphatic rings. The molecule has 1 unspecified atom stereocenters. The van der Waals surface area contributed by atoms with Crippen molar-refractivity contribution in [2.45, 2.75) is 290 Å². The molecule has 6 nitrogen and oxygen atoms in total. The number of esters is 3. The summed E-state index contributed by atoms with van der Waals surface area (Å²) in [6.45, 7) is 6.35. The van der Waals surface area contributed by atoms with E-state index >= 15 is 0 Å². The topological polar surface area (TPSA) is 78.9 Å². The van der Waals surface area contributed by atoms with E-state index in [1.54, 1.807) is 0 Å². The summed E-state index contributed by atoms with van der Waals surface area (Å²) in [6.07, 6.45) is 88.0. The molecule has 0 saturated carbocycles. The first-order valence-electron chi connectivity index (χ1n) is 31.5. The van der Waals surface area contributed by atoms with Crippen molar-refractivity contribution in [3.8, 4) is 0 Å². The van der Waals surface area contributed by atoms with Crippen LogP contribution in [-0.2, 0) is 28.6 Å². The zero-order valence-corrected chi connectivity index (χ0v) is 49.5. The molecule has 0 spiro atoms. The van der Waals surface area contributed by atoms with Crippen LogP contribution in [0.3, 0.4) is 0 Å². The van der Waals surface area contributed by atoms with Gasteiger partial charge in [0.25, 0.3) is 0 Å². The monoisotopic (exact) mass is 1050 g/mol. The van der Waals surface area contributed by atoms with Crippen molar-refractivity contribution in [2.75, 3.05) is 13.2 Å². The maximum atomic E-state index is 12.9. The van der Waals surface area contributed by atoms with Gasteiger partial charge in [0.15, 0.2) is 6.10 Å². The van der Waals surface area contributed by atoms with Crippen LogP contribution in [0, 0.1) is 0 Å². The number of hydrogen-bond donors (Lipinski definition) is 0. The van der Waals surface area contributed by atoms with Gasteiger partial charge >= 0.3 is 17.9 Å². The molecule has 1 atom stereocenters. The summed E-state index contributed by atoms with van der Waals surface area (Å²) >= 11 is 0. The first-order valence-corrected chi connectivity index (χ1v) is 31.5. The number of unbranched alkanes of at least 4 members (excludes halogenated alkanes) is 25. The van der Waals surface area contributed by atoms with Crippen LogP contribution < -0.4 is 0 Å². The molecule has 0 amide bonds. The molecule has 0 rings (SSSR count). The lowest BCUT2D eigenvalue weighted by Crippen LogP contribution is -2.30. The summed E-state index contributed by atoms with van der Waals surface area (Å²) in [5, 5.41) is 0. The standard InChI is InChI=1S/C70H116O6/c1-4-7-10-13-16-19-22-25-27-29-31-33-35-37-38-40-42-45-48-51-54-57-60-63-69(72)75-66-67(65-74-68(71)62-59-56-53-50-47-44-24-21-18-15-12-9-6-3)76-70(73)64-61-58-55-52-49-46-43-41-39-36-34-32-30-28-26-23-20-17-14-11-8-5-2/h7,9-10,12,16,18-19,21,25,27,31,33,37-38,42,44-45,47,53,56,67H,4-6,8,11,13-15,17,20,22-24,26,28-30,32,34-36,39-41,43,46,48-52,54-55,57-66H2,1-3H3/b10-7-,12-9-,19-16-,21-18-,27-25-,33-31-,38-37-,45-42-,47-44-,56-53-. The molecule has 0 aromatic rings. The summed E-state index contributed by atoms with van der Waals surface area (Å²) in [5.74, 6) is -1.02. The molecule has 432 valence electrons. The number of allylic oxidation sites excluding steroid dienone is 20. The average Bonchev–Trinajstić information content (AvgIpc) is 3.42. The lowest BCUT2D eigenvalue weighted by atomic mass is 10.0. The van der Waals surface area contributed by atoms with Crippen LogP contribution in [0.4, 0.5) is 0 Å². The molecule has 6 heteroatoms. The van der Waals surface area contributed by atoms with E-state index in [4.69, 9.17) is 14.2 Å². The molecule has 0 radical (unpaired) electrons. The highest BCUT2D eigenvalue weighted by atomic mass is 16.6. The van der Waals surface area contributed by atoms with Crippen molar-refractivity contribution >= 4 is 17.9 Å². The van der Waals surface area contributed by atoms with Gasteiger partial charge in [0.1, 0.15) is 13.2 Å². The third kappa shape index (κ3) is 60.7. The predicted octanol–water partition coefficient (Wildman–Crippen LogP) is 21.6. The number of hydrogen-bond acceptors (Lipinski definition) is 6. The lowest BCUT2D eigenvalue weighted by molar-refractivity contribution is -0.166. The van der Waals surface area contributed by atoms with Crippen LogP contribution in [-0.4, -0.2) is 37.2 Å². The Morgan fingerprint density at radius 3 is 0.882 bits per heavy atom. The number of rotatable bonds is 56. The number of ether oxygens (including phenoxy) is 3. The normalized spacial score (nSPS) is 12.9. The Kier molecular flexibility index (Phi) is 59.9. The van der Waals surface area contributed by atoms with E-state index in [0.717, 1.165) is 116 Å². The van der Waals surface area contributed by atoms with Crippen molar-refractivity contribution in [3.63, 3.8) is 0 Å². The van der Waals surface area contributed by atoms with Gasteiger partial charge in [0.2, 0.25) is 0 Å². The Morgan fingerprint density at radius 1 is 0.276 bits per heavy atom. The highest BCUT2D eigenvalue weighted by molar-refractivity contribution is 5.71. The van der Waals surface area contributed by atoms with E-state index < -0.39 is 6.10 Å². The molecule has 0 fully saturated rings. The van der Waals surface area contributed by atoms with E-state index in [1.807, 2.05) is 6.08 Å². The fourth-order valence-corrected chi connectivity index (χ4v) is 8.58. The molecule has 0 N–H and O–H groups in total. The van der Waals surface area contributed by atoms with Gasteiger partial charge in [-0.05, 0) is 96.3 Å². The van der Waals surface area contributed by atoms with E-state index in [9.17, 15) is 14.4 Å². The van der Waals surface area contributed by atoms with Gasteiger partial charge in [-0.2, -0.15) is 0 Å². The largest absolute Gasteiger partial charge is 0.462 e. The van der Waals surface area contributed by atoms with Gasteiger partial charge in [0, 0.05) is 19.3 Å². The molecule has 0 saturated heterocycles. The lowest BCUT2D eigenvalue weighted by Gasteiger charge is -2.18. The van der Waals surface area contributed by atoms with Gasteiger partial charge in [0.05, 0.1) is 0 Å². The first kappa shape index (κ1) is 71.8. The highest BCUT2D eigenvalue weighted by Gasteiger charge is 2.19. The maximum Gasteiger partial charge on any atom is 0.306 e.